The molecule has 0 aliphatic heterocycles. The molecular weight excluding hydrogens is 364 g/mol. The average molecular weight is 391 g/mol. The van der Waals surface area contributed by atoms with E-state index < -0.39 is 0 Å². The lowest BCUT2D eigenvalue weighted by atomic mass is 10.1. The lowest BCUT2D eigenvalue weighted by Gasteiger charge is -1.92. The summed E-state index contributed by atoms with van der Waals surface area (Å²) in [7, 11) is 0. The van der Waals surface area contributed by atoms with E-state index in [2.05, 4.69) is 72.8 Å². The highest BCUT2D eigenvalue weighted by molar-refractivity contribution is 5.70. The van der Waals surface area contributed by atoms with Crippen LogP contribution in [0, 0.1) is 0 Å². The van der Waals surface area contributed by atoms with Gasteiger partial charge in [0.25, 0.3) is 0 Å². The highest BCUT2D eigenvalue weighted by Crippen LogP contribution is 2.08. The van der Waals surface area contributed by atoms with Crippen LogP contribution in [0.2, 0.25) is 0 Å². The van der Waals surface area contributed by atoms with Crippen molar-refractivity contribution in [2.24, 2.45) is 0 Å². The van der Waals surface area contributed by atoms with Gasteiger partial charge in [0, 0.05) is 0 Å². The van der Waals surface area contributed by atoms with Crippen LogP contribution in [0.4, 0.5) is 0 Å². The van der Waals surface area contributed by atoms with Gasteiger partial charge in [0.1, 0.15) is 6.79 Å². The smallest absolute Gasteiger partial charge is 0.106 e. The molecule has 0 N–H and O–H groups in total. The minimum Gasteiger partial charge on any atom is -0.307 e. The molecule has 0 radical (unpaired) electrons. The van der Waals surface area contributed by atoms with Crippen LogP contribution in [-0.2, 0) is 4.79 Å². The molecule has 1 heteroatoms. The molecule has 4 aromatic carbocycles. The molecule has 0 amide bonds. The number of rotatable bonds is 4. The van der Waals surface area contributed by atoms with Crippen LogP contribution >= 0.6 is 0 Å². The Kier molecular flexibility index (Phi) is 10.5. The first-order valence-electron chi connectivity index (χ1n) is 9.75. The normalized spacial score (nSPS) is 10.0. The molecule has 0 spiro atoms. The van der Waals surface area contributed by atoms with Crippen LogP contribution in [0.3, 0.4) is 0 Å². The minimum atomic E-state index is 1.23. The fourth-order valence-corrected chi connectivity index (χ4v) is 2.64. The van der Waals surface area contributed by atoms with Gasteiger partial charge in [-0.25, -0.2) is 0 Å². The van der Waals surface area contributed by atoms with Crippen molar-refractivity contribution >= 4 is 31.1 Å². The highest BCUT2D eigenvalue weighted by atomic mass is 16.1. The quantitative estimate of drug-likeness (QED) is 0.329. The SMILES string of the molecule is C(=Cc1ccccc1)c1ccccc1.C(=Cc1ccccc1)c1ccccc1.C=O. The monoisotopic (exact) mass is 390 g/mol. The molecule has 0 aliphatic rings. The summed E-state index contributed by atoms with van der Waals surface area (Å²) in [6, 6.07) is 41.3. The summed E-state index contributed by atoms with van der Waals surface area (Å²) >= 11 is 0. The van der Waals surface area contributed by atoms with Crippen molar-refractivity contribution in [2.75, 3.05) is 0 Å². The van der Waals surface area contributed by atoms with Crippen LogP contribution < -0.4 is 0 Å². The topological polar surface area (TPSA) is 17.1 Å². The van der Waals surface area contributed by atoms with Crippen molar-refractivity contribution in [3.63, 3.8) is 0 Å². The Labute approximate surface area is 179 Å². The van der Waals surface area contributed by atoms with Gasteiger partial charge < -0.3 is 4.79 Å². The Hall–Kier alpha value is -3.97. The molecule has 0 fully saturated rings. The molecule has 0 unspecified atom stereocenters. The maximum Gasteiger partial charge on any atom is 0.106 e. The third-order valence-corrected chi connectivity index (χ3v) is 4.13. The molecule has 0 bridgehead atoms. The Bertz CT molecular complexity index is 821. The first-order valence-corrected chi connectivity index (χ1v) is 9.75. The second-order valence-electron chi connectivity index (χ2n) is 6.31. The molecule has 0 aliphatic carbocycles. The maximum absolute atomic E-state index is 8.00. The number of hydrogen-bond donors (Lipinski definition) is 0. The third kappa shape index (κ3) is 8.81. The van der Waals surface area contributed by atoms with Gasteiger partial charge in [0.05, 0.1) is 0 Å². The molecular formula is C29H26O. The summed E-state index contributed by atoms with van der Waals surface area (Å²) in [6.45, 7) is 2.00. The first kappa shape index (κ1) is 22.3. The first-order chi connectivity index (χ1) is 14.9. The van der Waals surface area contributed by atoms with E-state index in [1.54, 1.807) is 0 Å². The van der Waals surface area contributed by atoms with Crippen molar-refractivity contribution in [1.29, 1.82) is 0 Å². The zero-order valence-electron chi connectivity index (χ0n) is 17.0. The van der Waals surface area contributed by atoms with E-state index in [1.807, 2.05) is 79.6 Å². The summed E-state index contributed by atoms with van der Waals surface area (Å²) in [5.74, 6) is 0. The van der Waals surface area contributed by atoms with Gasteiger partial charge in [0.15, 0.2) is 0 Å². The fraction of sp³-hybridized carbons (Fsp3) is 0. The van der Waals surface area contributed by atoms with E-state index in [1.165, 1.54) is 22.3 Å². The molecule has 0 atom stereocenters. The van der Waals surface area contributed by atoms with E-state index >= 15 is 0 Å². The molecule has 30 heavy (non-hydrogen) atoms. The third-order valence-electron chi connectivity index (χ3n) is 4.13. The van der Waals surface area contributed by atoms with Gasteiger partial charge in [-0.05, 0) is 22.3 Å². The van der Waals surface area contributed by atoms with Gasteiger partial charge in [-0.3, -0.25) is 0 Å². The van der Waals surface area contributed by atoms with Crippen LogP contribution in [0.1, 0.15) is 22.3 Å². The summed E-state index contributed by atoms with van der Waals surface area (Å²) in [6.07, 6.45) is 8.48. The minimum absolute atomic E-state index is 1.23. The molecule has 4 rings (SSSR count). The van der Waals surface area contributed by atoms with Crippen molar-refractivity contribution in [1.82, 2.24) is 0 Å². The van der Waals surface area contributed by atoms with Crippen molar-refractivity contribution in [2.45, 2.75) is 0 Å². The lowest BCUT2D eigenvalue weighted by Crippen LogP contribution is -1.70. The van der Waals surface area contributed by atoms with Crippen LogP contribution in [0.25, 0.3) is 24.3 Å². The number of benzene rings is 4. The summed E-state index contributed by atoms with van der Waals surface area (Å²) in [5, 5.41) is 0. The number of carbonyl (C=O) groups excluding carboxylic acids is 1. The van der Waals surface area contributed by atoms with Gasteiger partial charge in [-0.15, -0.1) is 0 Å². The molecule has 0 aromatic heterocycles. The predicted octanol–water partition coefficient (Wildman–Crippen LogP) is 7.53. The van der Waals surface area contributed by atoms with E-state index in [9.17, 15) is 0 Å². The van der Waals surface area contributed by atoms with E-state index in [0.717, 1.165) is 0 Å². The average Bonchev–Trinajstić information content (AvgIpc) is 2.86. The van der Waals surface area contributed by atoms with E-state index in [0.29, 0.717) is 0 Å². The molecule has 148 valence electrons. The number of carbonyl (C=O) groups is 1. The molecule has 0 saturated heterocycles. The van der Waals surface area contributed by atoms with Crippen molar-refractivity contribution in [3.05, 3.63) is 144 Å². The van der Waals surface area contributed by atoms with Gasteiger partial charge in [0.2, 0.25) is 0 Å². The highest BCUT2D eigenvalue weighted by Gasteiger charge is 1.85. The fourth-order valence-electron chi connectivity index (χ4n) is 2.64. The standard InChI is InChI=1S/2C14H12.CH2O/c2*1-3-7-13(8-4-1)11-12-14-9-5-2-6-10-14;1-2/h2*1-12H;1H2. The largest absolute Gasteiger partial charge is 0.307 e. The van der Waals surface area contributed by atoms with Gasteiger partial charge in [-0.1, -0.05) is 146 Å². The Morgan fingerprint density at radius 2 is 0.500 bits per heavy atom. The van der Waals surface area contributed by atoms with Crippen LogP contribution in [0.5, 0.6) is 0 Å². The Morgan fingerprint density at radius 1 is 0.333 bits per heavy atom. The number of hydrogen-bond acceptors (Lipinski definition) is 1. The van der Waals surface area contributed by atoms with Gasteiger partial charge in [-0.2, -0.15) is 0 Å². The van der Waals surface area contributed by atoms with Gasteiger partial charge >= 0.3 is 0 Å². The summed E-state index contributed by atoms with van der Waals surface area (Å²) < 4.78 is 0. The Morgan fingerprint density at radius 3 is 0.667 bits per heavy atom. The van der Waals surface area contributed by atoms with Crippen LogP contribution in [-0.4, -0.2) is 6.79 Å². The molecule has 0 heterocycles. The molecule has 1 nitrogen and oxygen atoms in total. The predicted molar refractivity (Wildman–Crippen MR) is 131 cm³/mol. The zero-order chi connectivity index (χ0) is 21.3. The Balaban J connectivity index is 0.000000197. The van der Waals surface area contributed by atoms with E-state index in [4.69, 9.17) is 4.79 Å². The van der Waals surface area contributed by atoms with Crippen molar-refractivity contribution < 1.29 is 4.79 Å². The summed E-state index contributed by atoms with van der Waals surface area (Å²) in [5.41, 5.74) is 4.93. The summed E-state index contributed by atoms with van der Waals surface area (Å²) in [4.78, 5) is 8.00. The van der Waals surface area contributed by atoms with Crippen molar-refractivity contribution in [3.8, 4) is 0 Å². The lowest BCUT2D eigenvalue weighted by molar-refractivity contribution is -0.0979. The zero-order valence-corrected chi connectivity index (χ0v) is 17.0. The maximum atomic E-state index is 8.00. The second-order valence-corrected chi connectivity index (χ2v) is 6.31. The van der Waals surface area contributed by atoms with E-state index in [-0.39, 0.29) is 0 Å². The second kappa shape index (κ2) is 14.1. The van der Waals surface area contributed by atoms with Crippen LogP contribution in [0.15, 0.2) is 121 Å². The molecule has 0 saturated carbocycles. The molecule has 4 aromatic rings.